The van der Waals surface area contributed by atoms with E-state index in [9.17, 15) is 0 Å². The van der Waals surface area contributed by atoms with Gasteiger partial charge in [-0.3, -0.25) is 0 Å². The standard InChI is InChI=1S/C11H18OS/c1-9-11(7-8-12-9)13-10-5-3-2-4-6-10/h3,5,9-11H,2,4,6-8H2,1H3. The van der Waals surface area contributed by atoms with Crippen LogP contribution in [0.15, 0.2) is 12.2 Å². The van der Waals surface area contributed by atoms with Gasteiger partial charge in [-0.05, 0) is 32.6 Å². The van der Waals surface area contributed by atoms with Crippen LogP contribution in [0.4, 0.5) is 0 Å². The summed E-state index contributed by atoms with van der Waals surface area (Å²) in [6, 6.07) is 0. The Kier molecular flexibility index (Phi) is 3.33. The van der Waals surface area contributed by atoms with Gasteiger partial charge in [0.1, 0.15) is 0 Å². The molecule has 0 aromatic heterocycles. The maximum absolute atomic E-state index is 5.56. The Balaban J connectivity index is 1.82. The Bertz CT molecular complexity index is 191. The van der Waals surface area contributed by atoms with Crippen LogP contribution in [0.3, 0.4) is 0 Å². The zero-order chi connectivity index (χ0) is 9.10. The molecule has 1 saturated heterocycles. The van der Waals surface area contributed by atoms with Crippen molar-refractivity contribution in [3.63, 3.8) is 0 Å². The van der Waals surface area contributed by atoms with Crippen LogP contribution >= 0.6 is 11.8 Å². The van der Waals surface area contributed by atoms with Gasteiger partial charge in [-0.15, -0.1) is 11.8 Å². The molecule has 1 aliphatic heterocycles. The summed E-state index contributed by atoms with van der Waals surface area (Å²) < 4.78 is 5.56. The number of allylic oxidation sites excluding steroid dienone is 1. The van der Waals surface area contributed by atoms with E-state index in [-0.39, 0.29) is 0 Å². The molecule has 3 atom stereocenters. The van der Waals surface area contributed by atoms with E-state index in [1.165, 1.54) is 25.7 Å². The number of hydrogen-bond donors (Lipinski definition) is 0. The van der Waals surface area contributed by atoms with Crippen LogP contribution in [0.2, 0.25) is 0 Å². The molecule has 0 radical (unpaired) electrons. The van der Waals surface area contributed by atoms with Gasteiger partial charge >= 0.3 is 0 Å². The molecule has 0 N–H and O–H groups in total. The van der Waals surface area contributed by atoms with Crippen LogP contribution in [0.1, 0.15) is 32.6 Å². The van der Waals surface area contributed by atoms with Crippen molar-refractivity contribution in [2.24, 2.45) is 0 Å². The molecule has 3 unspecified atom stereocenters. The van der Waals surface area contributed by atoms with Crippen molar-refractivity contribution in [1.82, 2.24) is 0 Å². The zero-order valence-electron chi connectivity index (χ0n) is 8.24. The van der Waals surface area contributed by atoms with Crippen molar-refractivity contribution < 1.29 is 4.74 Å². The molecular formula is C11H18OS. The van der Waals surface area contributed by atoms with E-state index in [4.69, 9.17) is 4.74 Å². The van der Waals surface area contributed by atoms with E-state index in [0.717, 1.165) is 17.1 Å². The van der Waals surface area contributed by atoms with Crippen LogP contribution in [0.5, 0.6) is 0 Å². The normalized spacial score (nSPS) is 39.6. The second-order valence-corrected chi connectivity index (χ2v) is 5.42. The van der Waals surface area contributed by atoms with Crippen LogP contribution in [0, 0.1) is 0 Å². The van der Waals surface area contributed by atoms with Crippen molar-refractivity contribution in [2.75, 3.05) is 6.61 Å². The molecule has 1 nitrogen and oxygen atoms in total. The average molecular weight is 198 g/mol. The average Bonchev–Trinajstić information content (AvgIpc) is 2.54. The lowest BCUT2D eigenvalue weighted by molar-refractivity contribution is 0.127. The van der Waals surface area contributed by atoms with Crippen LogP contribution in [-0.2, 0) is 4.74 Å². The van der Waals surface area contributed by atoms with E-state index in [2.05, 4.69) is 30.8 Å². The van der Waals surface area contributed by atoms with Gasteiger partial charge in [0.05, 0.1) is 6.10 Å². The Morgan fingerprint density at radius 2 is 2.31 bits per heavy atom. The van der Waals surface area contributed by atoms with Crippen LogP contribution < -0.4 is 0 Å². The van der Waals surface area contributed by atoms with Crippen molar-refractivity contribution in [2.45, 2.75) is 49.2 Å². The van der Waals surface area contributed by atoms with E-state index >= 15 is 0 Å². The second kappa shape index (κ2) is 4.52. The molecule has 0 spiro atoms. The number of ether oxygens (including phenoxy) is 1. The van der Waals surface area contributed by atoms with Crippen LogP contribution in [-0.4, -0.2) is 23.2 Å². The highest BCUT2D eigenvalue weighted by atomic mass is 32.2. The molecule has 0 aromatic carbocycles. The van der Waals surface area contributed by atoms with Crippen molar-refractivity contribution in [1.29, 1.82) is 0 Å². The first-order valence-corrected chi connectivity index (χ1v) is 6.24. The molecule has 13 heavy (non-hydrogen) atoms. The minimum absolute atomic E-state index is 0.473. The highest BCUT2D eigenvalue weighted by molar-refractivity contribution is 8.00. The Morgan fingerprint density at radius 1 is 1.38 bits per heavy atom. The molecule has 1 fully saturated rings. The maximum Gasteiger partial charge on any atom is 0.0666 e. The molecule has 0 saturated carbocycles. The van der Waals surface area contributed by atoms with E-state index in [1.807, 2.05) is 0 Å². The first kappa shape index (κ1) is 9.60. The highest BCUT2D eigenvalue weighted by Gasteiger charge is 2.27. The van der Waals surface area contributed by atoms with Gasteiger partial charge in [-0.2, -0.15) is 0 Å². The Morgan fingerprint density at radius 3 is 2.92 bits per heavy atom. The Labute approximate surface area is 84.9 Å². The molecule has 0 amide bonds. The third kappa shape index (κ3) is 2.50. The molecule has 2 heteroatoms. The summed E-state index contributed by atoms with van der Waals surface area (Å²) in [7, 11) is 0. The van der Waals surface area contributed by atoms with Gasteiger partial charge in [0.15, 0.2) is 0 Å². The molecule has 74 valence electrons. The molecule has 1 heterocycles. The summed E-state index contributed by atoms with van der Waals surface area (Å²) >= 11 is 2.12. The van der Waals surface area contributed by atoms with Gasteiger partial charge in [-0.1, -0.05) is 12.2 Å². The summed E-state index contributed by atoms with van der Waals surface area (Å²) in [6.45, 7) is 3.17. The molecule has 0 aromatic rings. The lowest BCUT2D eigenvalue weighted by atomic mass is 10.1. The third-order valence-corrected chi connectivity index (χ3v) is 4.58. The monoisotopic (exact) mass is 198 g/mol. The van der Waals surface area contributed by atoms with Gasteiger partial charge in [-0.25, -0.2) is 0 Å². The first-order valence-electron chi connectivity index (χ1n) is 5.30. The summed E-state index contributed by atoms with van der Waals surface area (Å²) in [6.07, 6.45) is 10.5. The van der Waals surface area contributed by atoms with Crippen LogP contribution in [0.25, 0.3) is 0 Å². The number of thioether (sulfide) groups is 1. The van der Waals surface area contributed by atoms with Crippen molar-refractivity contribution in [3.05, 3.63) is 12.2 Å². The fourth-order valence-corrected chi connectivity index (χ4v) is 3.50. The summed E-state index contributed by atoms with van der Waals surface area (Å²) in [5, 5.41) is 1.51. The summed E-state index contributed by atoms with van der Waals surface area (Å²) in [4.78, 5) is 0. The molecule has 2 rings (SSSR count). The number of hydrogen-bond acceptors (Lipinski definition) is 2. The highest BCUT2D eigenvalue weighted by Crippen LogP contribution is 2.33. The van der Waals surface area contributed by atoms with E-state index < -0.39 is 0 Å². The lowest BCUT2D eigenvalue weighted by Gasteiger charge is -2.21. The van der Waals surface area contributed by atoms with Crippen molar-refractivity contribution >= 4 is 11.8 Å². The predicted octanol–water partition coefficient (Wildman–Crippen LogP) is 3.01. The summed E-state index contributed by atoms with van der Waals surface area (Å²) in [5.74, 6) is 0. The minimum atomic E-state index is 0.473. The maximum atomic E-state index is 5.56. The lowest BCUT2D eigenvalue weighted by Crippen LogP contribution is -2.17. The van der Waals surface area contributed by atoms with Crippen molar-refractivity contribution in [3.8, 4) is 0 Å². The second-order valence-electron chi connectivity index (χ2n) is 3.94. The number of rotatable bonds is 2. The molecular weight excluding hydrogens is 180 g/mol. The van der Waals surface area contributed by atoms with Gasteiger partial charge in [0.2, 0.25) is 0 Å². The minimum Gasteiger partial charge on any atom is -0.377 e. The molecule has 0 bridgehead atoms. The third-order valence-electron chi connectivity index (χ3n) is 2.87. The largest absolute Gasteiger partial charge is 0.377 e. The van der Waals surface area contributed by atoms with Gasteiger partial charge in [0, 0.05) is 17.1 Å². The zero-order valence-corrected chi connectivity index (χ0v) is 9.06. The van der Waals surface area contributed by atoms with E-state index in [1.54, 1.807) is 0 Å². The quantitative estimate of drug-likeness (QED) is 0.631. The molecule has 2 aliphatic rings. The van der Waals surface area contributed by atoms with Gasteiger partial charge < -0.3 is 4.74 Å². The first-order chi connectivity index (χ1) is 6.36. The SMILES string of the molecule is CC1OCCC1SC1C=CCCC1. The fraction of sp³-hybridized carbons (Fsp3) is 0.818. The van der Waals surface area contributed by atoms with Gasteiger partial charge in [0.25, 0.3) is 0 Å². The smallest absolute Gasteiger partial charge is 0.0666 e. The predicted molar refractivity (Wildman–Crippen MR) is 58.2 cm³/mol. The Hall–Kier alpha value is 0.0500. The topological polar surface area (TPSA) is 9.23 Å². The fourth-order valence-electron chi connectivity index (χ4n) is 2.01. The summed E-state index contributed by atoms with van der Waals surface area (Å²) in [5.41, 5.74) is 0. The molecule has 1 aliphatic carbocycles. The van der Waals surface area contributed by atoms with E-state index in [0.29, 0.717) is 6.10 Å².